The summed E-state index contributed by atoms with van der Waals surface area (Å²) in [6.07, 6.45) is 4.89. The Hall–Kier alpha value is -2.99. The van der Waals surface area contributed by atoms with Gasteiger partial charge in [-0.15, -0.1) is 0 Å². The Bertz CT molecular complexity index is 788. The van der Waals surface area contributed by atoms with Gasteiger partial charge in [-0.1, -0.05) is 18.7 Å². The summed E-state index contributed by atoms with van der Waals surface area (Å²) in [6, 6.07) is 4.78. The number of hydrogen-bond donors (Lipinski definition) is 2. The van der Waals surface area contributed by atoms with Gasteiger partial charge in [0.05, 0.1) is 6.04 Å². The first-order valence-corrected chi connectivity index (χ1v) is 7.67. The van der Waals surface area contributed by atoms with E-state index < -0.39 is 6.04 Å². The first kappa shape index (κ1) is 18.4. The quantitative estimate of drug-likeness (QED) is 0.760. The summed E-state index contributed by atoms with van der Waals surface area (Å²) in [5.41, 5.74) is 3.12. The molecule has 2 N–H and O–H groups in total. The summed E-state index contributed by atoms with van der Waals surface area (Å²) < 4.78 is 4.88. The third-order valence-corrected chi connectivity index (χ3v) is 3.82. The highest BCUT2D eigenvalue weighted by atomic mass is 16.5. The molecule has 1 aromatic carbocycles. The maximum absolute atomic E-state index is 12.1. The summed E-state index contributed by atoms with van der Waals surface area (Å²) in [5.74, 6) is -0.364. The highest BCUT2D eigenvalue weighted by Crippen LogP contribution is 2.41. The molecular formula is C19H21N3O3. The standard InChI is InChI=1S/C19H21N3O3/c1-5-14-12(2)9-15(19(24)18(14)20-3)17(22-16(23)11-25-4)13-7-6-8-21-10-13/h5-10,17,24H,1,3,11H2,2,4H3,(H,22,23). The minimum absolute atomic E-state index is 0.0536. The van der Waals surface area contributed by atoms with E-state index in [9.17, 15) is 9.90 Å². The zero-order valence-corrected chi connectivity index (χ0v) is 14.3. The lowest BCUT2D eigenvalue weighted by molar-refractivity contribution is -0.125. The summed E-state index contributed by atoms with van der Waals surface area (Å²) >= 11 is 0. The zero-order chi connectivity index (χ0) is 18.4. The number of aromatic nitrogens is 1. The Kier molecular flexibility index (Phi) is 6.03. The molecule has 0 saturated heterocycles. The van der Waals surface area contributed by atoms with Gasteiger partial charge in [0.1, 0.15) is 18.0 Å². The number of ether oxygens (including phenoxy) is 1. The average molecular weight is 339 g/mol. The number of phenols is 1. The van der Waals surface area contributed by atoms with Crippen molar-refractivity contribution in [2.45, 2.75) is 13.0 Å². The monoisotopic (exact) mass is 339 g/mol. The first-order chi connectivity index (χ1) is 12.0. The molecule has 1 aromatic heterocycles. The molecule has 25 heavy (non-hydrogen) atoms. The second-order valence-corrected chi connectivity index (χ2v) is 5.48. The van der Waals surface area contributed by atoms with E-state index in [4.69, 9.17) is 4.74 Å². The van der Waals surface area contributed by atoms with Crippen LogP contribution in [0.3, 0.4) is 0 Å². The van der Waals surface area contributed by atoms with Crippen LogP contribution in [0.1, 0.15) is 28.3 Å². The number of rotatable bonds is 7. The van der Waals surface area contributed by atoms with Crippen molar-refractivity contribution in [3.63, 3.8) is 0 Å². The van der Waals surface area contributed by atoms with Crippen molar-refractivity contribution in [3.8, 4) is 5.75 Å². The minimum Gasteiger partial charge on any atom is -0.505 e. The zero-order valence-electron chi connectivity index (χ0n) is 14.3. The van der Waals surface area contributed by atoms with E-state index in [-0.39, 0.29) is 18.3 Å². The van der Waals surface area contributed by atoms with Crippen LogP contribution >= 0.6 is 0 Å². The van der Waals surface area contributed by atoms with Crippen molar-refractivity contribution >= 4 is 24.4 Å². The van der Waals surface area contributed by atoms with Crippen molar-refractivity contribution in [1.82, 2.24) is 10.3 Å². The lowest BCUT2D eigenvalue weighted by Crippen LogP contribution is -2.32. The number of benzene rings is 1. The molecule has 0 fully saturated rings. The molecule has 2 aromatic rings. The number of hydrogen-bond acceptors (Lipinski definition) is 5. The highest BCUT2D eigenvalue weighted by Gasteiger charge is 2.24. The molecule has 0 aliphatic carbocycles. The van der Waals surface area contributed by atoms with E-state index in [0.29, 0.717) is 16.8 Å². The Morgan fingerprint density at radius 1 is 1.56 bits per heavy atom. The average Bonchev–Trinajstić information content (AvgIpc) is 2.62. The molecule has 0 saturated carbocycles. The molecule has 1 atom stereocenters. The highest BCUT2D eigenvalue weighted by molar-refractivity contribution is 5.80. The molecule has 0 radical (unpaired) electrons. The fourth-order valence-corrected chi connectivity index (χ4v) is 2.69. The molecule has 2 rings (SSSR count). The fourth-order valence-electron chi connectivity index (χ4n) is 2.69. The van der Waals surface area contributed by atoms with Gasteiger partial charge in [0.25, 0.3) is 0 Å². The maximum Gasteiger partial charge on any atom is 0.246 e. The Labute approximate surface area is 146 Å². The number of phenolic OH excluding ortho intramolecular Hbond substituents is 1. The minimum atomic E-state index is -0.602. The van der Waals surface area contributed by atoms with Gasteiger partial charge in [0, 0.05) is 30.6 Å². The van der Waals surface area contributed by atoms with Gasteiger partial charge in [-0.25, -0.2) is 0 Å². The van der Waals surface area contributed by atoms with Crippen molar-refractivity contribution in [1.29, 1.82) is 0 Å². The number of amides is 1. The molecule has 1 amide bonds. The Morgan fingerprint density at radius 3 is 2.88 bits per heavy atom. The van der Waals surface area contributed by atoms with E-state index in [0.717, 1.165) is 11.1 Å². The fraction of sp³-hybridized carbons (Fsp3) is 0.211. The number of pyridine rings is 1. The largest absolute Gasteiger partial charge is 0.505 e. The number of carbonyl (C=O) groups excluding carboxylic acids is 1. The molecule has 0 aliphatic rings. The molecule has 6 nitrogen and oxygen atoms in total. The van der Waals surface area contributed by atoms with Crippen LogP contribution in [0.2, 0.25) is 0 Å². The molecule has 130 valence electrons. The second kappa shape index (κ2) is 8.21. The van der Waals surface area contributed by atoms with Crippen molar-refractivity contribution < 1.29 is 14.6 Å². The van der Waals surface area contributed by atoms with Gasteiger partial charge < -0.3 is 15.2 Å². The number of aromatic hydroxyl groups is 1. The topological polar surface area (TPSA) is 83.8 Å². The van der Waals surface area contributed by atoms with E-state index in [1.807, 2.05) is 13.0 Å². The first-order valence-electron chi connectivity index (χ1n) is 7.67. The van der Waals surface area contributed by atoms with Crippen LogP contribution in [0.25, 0.3) is 6.08 Å². The molecule has 1 heterocycles. The Morgan fingerprint density at radius 2 is 2.32 bits per heavy atom. The van der Waals surface area contributed by atoms with Gasteiger partial charge in [0.2, 0.25) is 5.91 Å². The number of carbonyl (C=O) groups is 1. The van der Waals surface area contributed by atoms with Crippen LogP contribution in [0.5, 0.6) is 5.75 Å². The molecule has 0 bridgehead atoms. The van der Waals surface area contributed by atoms with E-state index in [2.05, 4.69) is 28.6 Å². The van der Waals surface area contributed by atoms with Gasteiger partial charge in [-0.2, -0.15) is 0 Å². The lowest BCUT2D eigenvalue weighted by Gasteiger charge is -2.22. The SMILES string of the molecule is C=Cc1c(C)cc(C(NC(=O)COC)c2cccnc2)c(O)c1N=C. The normalized spacial score (nSPS) is 11.6. The summed E-state index contributed by atoms with van der Waals surface area (Å²) in [6.45, 7) is 9.07. The Balaban J connectivity index is 2.61. The molecule has 6 heteroatoms. The van der Waals surface area contributed by atoms with E-state index in [1.54, 1.807) is 30.6 Å². The van der Waals surface area contributed by atoms with Gasteiger partial charge in [0.15, 0.2) is 0 Å². The van der Waals surface area contributed by atoms with Crippen molar-refractivity contribution in [2.24, 2.45) is 4.99 Å². The van der Waals surface area contributed by atoms with Crippen molar-refractivity contribution in [3.05, 3.63) is 59.4 Å². The van der Waals surface area contributed by atoms with Crippen LogP contribution in [-0.4, -0.2) is 36.4 Å². The van der Waals surface area contributed by atoms with Crippen LogP contribution in [0.4, 0.5) is 5.69 Å². The number of aliphatic imine (C=N–C) groups is 1. The third kappa shape index (κ3) is 3.92. The molecular weight excluding hydrogens is 318 g/mol. The maximum atomic E-state index is 12.1. The molecule has 1 unspecified atom stereocenters. The number of nitrogens with one attached hydrogen (secondary N) is 1. The smallest absolute Gasteiger partial charge is 0.246 e. The van der Waals surface area contributed by atoms with Crippen LogP contribution in [-0.2, 0) is 9.53 Å². The van der Waals surface area contributed by atoms with Gasteiger partial charge >= 0.3 is 0 Å². The van der Waals surface area contributed by atoms with Gasteiger partial charge in [-0.05, 0) is 36.9 Å². The summed E-state index contributed by atoms with van der Waals surface area (Å²) in [4.78, 5) is 20.1. The van der Waals surface area contributed by atoms with Gasteiger partial charge in [-0.3, -0.25) is 14.8 Å². The number of aryl methyl sites for hydroxylation is 1. The number of nitrogens with zero attached hydrogens (tertiary/aromatic N) is 2. The molecule has 0 spiro atoms. The molecule has 0 aliphatic heterocycles. The lowest BCUT2D eigenvalue weighted by atomic mass is 9.93. The predicted molar refractivity (Wildman–Crippen MR) is 98.2 cm³/mol. The van der Waals surface area contributed by atoms with Crippen LogP contribution < -0.4 is 5.32 Å². The summed E-state index contributed by atoms with van der Waals surface area (Å²) in [5, 5.41) is 13.6. The second-order valence-electron chi connectivity index (χ2n) is 5.48. The van der Waals surface area contributed by atoms with E-state index in [1.165, 1.54) is 7.11 Å². The van der Waals surface area contributed by atoms with Crippen LogP contribution in [0.15, 0.2) is 42.2 Å². The van der Waals surface area contributed by atoms with Crippen molar-refractivity contribution in [2.75, 3.05) is 13.7 Å². The summed E-state index contributed by atoms with van der Waals surface area (Å²) in [7, 11) is 1.44. The van der Waals surface area contributed by atoms with E-state index >= 15 is 0 Å². The van der Waals surface area contributed by atoms with Crippen LogP contribution in [0, 0.1) is 6.92 Å². The predicted octanol–water partition coefficient (Wildman–Crippen LogP) is 2.92. The third-order valence-electron chi connectivity index (χ3n) is 3.82. The number of methoxy groups -OCH3 is 1.